The maximum absolute atomic E-state index is 13.9. The lowest BCUT2D eigenvalue weighted by Gasteiger charge is -2.26. The molecule has 0 bridgehead atoms. The van der Waals surface area contributed by atoms with Crippen molar-refractivity contribution in [2.75, 3.05) is 6.54 Å². The summed E-state index contributed by atoms with van der Waals surface area (Å²) in [5, 5.41) is 12.1. The van der Waals surface area contributed by atoms with Crippen LogP contribution in [0.15, 0.2) is 12.1 Å². The number of halogens is 1. The van der Waals surface area contributed by atoms with Crippen LogP contribution in [0.4, 0.5) is 4.39 Å². The molecule has 0 aliphatic carbocycles. The number of carbonyl (C=O) groups is 2. The fraction of sp³-hybridized carbons (Fsp3) is 0.444. The van der Waals surface area contributed by atoms with E-state index < -0.39 is 23.1 Å². The number of carbonyl (C=O) groups excluding carboxylic acids is 1. The lowest BCUT2D eigenvalue weighted by molar-refractivity contribution is -0.149. The maximum Gasteiger partial charge on any atom is 0.311 e. The third kappa shape index (κ3) is 3.60. The van der Waals surface area contributed by atoms with Crippen molar-refractivity contribution in [1.29, 1.82) is 0 Å². The largest absolute Gasteiger partial charge is 0.481 e. The molecule has 0 saturated heterocycles. The van der Waals surface area contributed by atoms with Crippen molar-refractivity contribution in [3.05, 3.63) is 34.9 Å². The zero-order valence-electron chi connectivity index (χ0n) is 14.8. The number of carboxylic acid groups (broad SMARTS) is 1. The molecule has 0 radical (unpaired) electrons. The Morgan fingerprint density at radius 3 is 2.32 bits per heavy atom. The first-order chi connectivity index (χ1) is 11.7. The van der Waals surface area contributed by atoms with Crippen LogP contribution in [0, 0.1) is 25.1 Å². The first-order valence-electron chi connectivity index (χ1n) is 8.20. The zero-order chi connectivity index (χ0) is 18.8. The molecule has 0 aliphatic rings. The van der Waals surface area contributed by atoms with Gasteiger partial charge >= 0.3 is 5.97 Å². The summed E-state index contributed by atoms with van der Waals surface area (Å²) >= 11 is 0. The summed E-state index contributed by atoms with van der Waals surface area (Å²) < 4.78 is 13.9. The predicted molar refractivity (Wildman–Crippen MR) is 92.0 cm³/mol. The van der Waals surface area contributed by atoms with Gasteiger partial charge in [-0.2, -0.15) is 0 Å². The molecule has 7 heteroatoms. The van der Waals surface area contributed by atoms with Gasteiger partial charge in [0, 0.05) is 12.6 Å². The van der Waals surface area contributed by atoms with Gasteiger partial charge in [-0.15, -0.1) is 0 Å². The van der Waals surface area contributed by atoms with Crippen LogP contribution in [0.5, 0.6) is 0 Å². The van der Waals surface area contributed by atoms with Crippen LogP contribution in [0.3, 0.4) is 0 Å². The van der Waals surface area contributed by atoms with E-state index >= 15 is 0 Å². The molecule has 0 aliphatic heterocycles. The molecule has 2 rings (SSSR count). The number of nitrogens with zero attached hydrogens (tertiary/aromatic N) is 2. The molecular formula is C18H22FN3O3. The average molecular weight is 347 g/mol. The van der Waals surface area contributed by atoms with Gasteiger partial charge in [0.15, 0.2) is 0 Å². The number of aliphatic carboxylic acids is 1. The molecule has 0 unspecified atom stereocenters. The smallest absolute Gasteiger partial charge is 0.311 e. The number of rotatable bonds is 6. The topological polar surface area (TPSA) is 92.2 Å². The molecule has 1 aromatic carbocycles. The summed E-state index contributed by atoms with van der Waals surface area (Å²) in [4.78, 5) is 32.7. The van der Waals surface area contributed by atoms with Crippen LogP contribution < -0.4 is 5.32 Å². The molecule has 1 amide bonds. The summed E-state index contributed by atoms with van der Waals surface area (Å²) in [6, 6.07) is 2.33. The molecule has 134 valence electrons. The number of fused-ring (bicyclic) bond motifs is 1. The lowest BCUT2D eigenvalue weighted by Crippen LogP contribution is -2.42. The minimum absolute atomic E-state index is 0.0373. The van der Waals surface area contributed by atoms with E-state index in [-0.39, 0.29) is 12.1 Å². The standard InChI is InChI=1S/C18H22FN3O3/c1-5-18(6-2,17(24)25)9-20-16(23)13-7-12(19)8-14-15(13)22-11(4)10(3)21-14/h7-8H,5-6,9H2,1-4H3,(H,20,23)(H,24,25). The molecule has 6 nitrogen and oxygen atoms in total. The molecule has 0 saturated carbocycles. The van der Waals surface area contributed by atoms with Crippen LogP contribution >= 0.6 is 0 Å². The highest BCUT2D eigenvalue weighted by Crippen LogP contribution is 2.26. The van der Waals surface area contributed by atoms with Crippen molar-refractivity contribution in [3.63, 3.8) is 0 Å². The van der Waals surface area contributed by atoms with Gasteiger partial charge in [-0.1, -0.05) is 13.8 Å². The fourth-order valence-electron chi connectivity index (χ4n) is 2.69. The molecule has 0 spiro atoms. The maximum atomic E-state index is 13.9. The molecule has 1 heterocycles. The Bertz CT molecular complexity index is 832. The third-order valence-electron chi connectivity index (χ3n) is 4.79. The zero-order valence-corrected chi connectivity index (χ0v) is 14.8. The van der Waals surface area contributed by atoms with E-state index in [1.54, 1.807) is 27.7 Å². The highest BCUT2D eigenvalue weighted by Gasteiger charge is 2.35. The molecule has 2 N–H and O–H groups in total. The lowest BCUT2D eigenvalue weighted by atomic mass is 9.82. The Morgan fingerprint density at radius 2 is 1.76 bits per heavy atom. The van der Waals surface area contributed by atoms with E-state index in [4.69, 9.17) is 0 Å². The van der Waals surface area contributed by atoms with E-state index in [2.05, 4.69) is 15.3 Å². The van der Waals surface area contributed by atoms with Crippen molar-refractivity contribution < 1.29 is 19.1 Å². The van der Waals surface area contributed by atoms with Gasteiger partial charge in [-0.3, -0.25) is 9.59 Å². The van der Waals surface area contributed by atoms with Crippen LogP contribution in [0.2, 0.25) is 0 Å². The number of amides is 1. The fourth-order valence-corrected chi connectivity index (χ4v) is 2.69. The van der Waals surface area contributed by atoms with Gasteiger partial charge in [0.05, 0.1) is 27.9 Å². The molecule has 1 aromatic heterocycles. The van der Waals surface area contributed by atoms with Gasteiger partial charge in [0.25, 0.3) is 5.91 Å². The number of carboxylic acids is 1. The first kappa shape index (κ1) is 18.8. The SMILES string of the molecule is CCC(CC)(CNC(=O)c1cc(F)cc2nc(C)c(C)nc12)C(=O)O. The van der Waals surface area contributed by atoms with E-state index in [1.165, 1.54) is 6.07 Å². The van der Waals surface area contributed by atoms with Gasteiger partial charge in [-0.25, -0.2) is 14.4 Å². The molecular weight excluding hydrogens is 325 g/mol. The molecule has 2 aromatic rings. The second-order valence-corrected chi connectivity index (χ2v) is 6.19. The van der Waals surface area contributed by atoms with Crippen LogP contribution in [-0.4, -0.2) is 33.5 Å². The van der Waals surface area contributed by atoms with Crippen molar-refractivity contribution in [2.45, 2.75) is 40.5 Å². The van der Waals surface area contributed by atoms with Crippen LogP contribution in [0.1, 0.15) is 48.4 Å². The second kappa shape index (κ2) is 7.13. The first-order valence-corrected chi connectivity index (χ1v) is 8.20. The Kier molecular flexibility index (Phi) is 5.35. The van der Waals surface area contributed by atoms with Crippen molar-refractivity contribution in [1.82, 2.24) is 15.3 Å². The summed E-state index contributed by atoms with van der Waals surface area (Å²) in [5.74, 6) is -2.12. The number of hydrogen-bond acceptors (Lipinski definition) is 4. The van der Waals surface area contributed by atoms with Crippen LogP contribution in [0.25, 0.3) is 11.0 Å². The van der Waals surface area contributed by atoms with Crippen molar-refractivity contribution in [2.24, 2.45) is 5.41 Å². The Labute approximate surface area is 145 Å². The summed E-state index contributed by atoms with van der Waals surface area (Å²) in [7, 11) is 0. The minimum atomic E-state index is -1.04. The average Bonchev–Trinajstić information content (AvgIpc) is 2.56. The highest BCUT2D eigenvalue weighted by molar-refractivity contribution is 6.05. The van der Waals surface area contributed by atoms with E-state index in [1.807, 2.05) is 0 Å². The molecule has 25 heavy (non-hydrogen) atoms. The monoisotopic (exact) mass is 347 g/mol. The minimum Gasteiger partial charge on any atom is -0.481 e. The number of nitrogens with one attached hydrogen (secondary N) is 1. The van der Waals surface area contributed by atoms with Crippen LogP contribution in [-0.2, 0) is 4.79 Å². The summed E-state index contributed by atoms with van der Waals surface area (Å²) in [6.07, 6.45) is 0.752. The van der Waals surface area contributed by atoms with Crippen molar-refractivity contribution >= 4 is 22.9 Å². The Hall–Kier alpha value is -2.57. The Balaban J connectivity index is 2.39. The molecule has 0 atom stereocenters. The third-order valence-corrected chi connectivity index (χ3v) is 4.79. The Morgan fingerprint density at radius 1 is 1.16 bits per heavy atom. The number of benzene rings is 1. The van der Waals surface area contributed by atoms with Gasteiger partial charge < -0.3 is 10.4 Å². The normalized spacial score (nSPS) is 11.6. The number of aromatic nitrogens is 2. The van der Waals surface area contributed by atoms with Crippen molar-refractivity contribution in [3.8, 4) is 0 Å². The van der Waals surface area contributed by atoms with Gasteiger partial charge in [0.1, 0.15) is 11.3 Å². The van der Waals surface area contributed by atoms with E-state index in [0.29, 0.717) is 35.3 Å². The molecule has 0 fully saturated rings. The second-order valence-electron chi connectivity index (χ2n) is 6.19. The summed E-state index contributed by atoms with van der Waals surface area (Å²) in [6.45, 7) is 7.01. The number of aryl methyl sites for hydroxylation is 2. The summed E-state index contributed by atoms with van der Waals surface area (Å²) in [5.41, 5.74) is 0.912. The predicted octanol–water partition coefficient (Wildman–Crippen LogP) is 3.01. The quantitative estimate of drug-likeness (QED) is 0.838. The number of hydrogen-bond donors (Lipinski definition) is 2. The van der Waals surface area contributed by atoms with Gasteiger partial charge in [-0.05, 0) is 32.8 Å². The van der Waals surface area contributed by atoms with E-state index in [0.717, 1.165) is 6.07 Å². The van der Waals surface area contributed by atoms with Gasteiger partial charge in [0.2, 0.25) is 0 Å². The van der Waals surface area contributed by atoms with E-state index in [9.17, 15) is 19.1 Å². The highest BCUT2D eigenvalue weighted by atomic mass is 19.1.